The predicted octanol–water partition coefficient (Wildman–Crippen LogP) is 1.90. The molecule has 2 N–H and O–H groups in total. The fraction of sp³-hybridized carbons (Fsp3) is 0.357. The monoisotopic (exact) mass is 258 g/mol. The summed E-state index contributed by atoms with van der Waals surface area (Å²) in [6.07, 6.45) is 3.72. The van der Waals surface area contributed by atoms with Gasteiger partial charge in [-0.3, -0.25) is 0 Å². The Kier molecular flexibility index (Phi) is 2.14. The maximum Gasteiger partial charge on any atom is 0.231 e. The molecule has 0 saturated heterocycles. The number of rotatable bonds is 3. The van der Waals surface area contributed by atoms with Crippen LogP contribution in [-0.2, 0) is 0 Å². The molecule has 0 atom stereocenters. The fourth-order valence-corrected chi connectivity index (χ4v) is 2.39. The van der Waals surface area contributed by atoms with Crippen molar-refractivity contribution in [1.82, 2.24) is 4.98 Å². The highest BCUT2D eigenvalue weighted by Gasteiger charge is 2.42. The number of benzene rings is 1. The SMILES string of the molecule is OCC1(Nc2nccc3cc4c(cc23)OCO4)CC1. The van der Waals surface area contributed by atoms with Gasteiger partial charge in [-0.15, -0.1) is 0 Å². The zero-order valence-corrected chi connectivity index (χ0v) is 10.3. The number of hydrogen-bond acceptors (Lipinski definition) is 5. The van der Waals surface area contributed by atoms with Crippen LogP contribution >= 0.6 is 0 Å². The average Bonchev–Trinajstić information content (AvgIpc) is 3.06. The van der Waals surface area contributed by atoms with Gasteiger partial charge < -0.3 is 19.9 Å². The lowest BCUT2D eigenvalue weighted by Crippen LogP contribution is -2.26. The van der Waals surface area contributed by atoms with Crippen LogP contribution in [0.15, 0.2) is 24.4 Å². The van der Waals surface area contributed by atoms with Crippen LogP contribution in [0.4, 0.5) is 5.82 Å². The largest absolute Gasteiger partial charge is 0.454 e. The van der Waals surface area contributed by atoms with Crippen molar-refractivity contribution in [3.8, 4) is 11.5 Å². The van der Waals surface area contributed by atoms with Crippen LogP contribution in [0, 0.1) is 0 Å². The summed E-state index contributed by atoms with van der Waals surface area (Å²) in [6, 6.07) is 5.85. The first-order valence-corrected chi connectivity index (χ1v) is 6.37. The lowest BCUT2D eigenvalue weighted by atomic mass is 10.1. The number of hydrogen-bond donors (Lipinski definition) is 2. The fourth-order valence-electron chi connectivity index (χ4n) is 2.39. The van der Waals surface area contributed by atoms with Crippen molar-refractivity contribution in [2.24, 2.45) is 0 Å². The van der Waals surface area contributed by atoms with E-state index in [9.17, 15) is 5.11 Å². The van der Waals surface area contributed by atoms with Crippen molar-refractivity contribution in [1.29, 1.82) is 0 Å². The number of anilines is 1. The van der Waals surface area contributed by atoms with Crippen molar-refractivity contribution >= 4 is 16.6 Å². The van der Waals surface area contributed by atoms with Crippen LogP contribution in [0.3, 0.4) is 0 Å². The van der Waals surface area contributed by atoms with Gasteiger partial charge in [0, 0.05) is 11.6 Å². The molecule has 0 unspecified atom stereocenters. The number of aliphatic hydroxyl groups is 1. The van der Waals surface area contributed by atoms with E-state index in [0.717, 1.165) is 40.9 Å². The molecular formula is C14H14N2O3. The summed E-state index contributed by atoms with van der Waals surface area (Å²) >= 11 is 0. The Morgan fingerprint density at radius 1 is 1.26 bits per heavy atom. The second-order valence-corrected chi connectivity index (χ2v) is 5.15. The van der Waals surface area contributed by atoms with Gasteiger partial charge in [-0.25, -0.2) is 4.98 Å². The molecule has 1 saturated carbocycles. The molecule has 1 aliphatic carbocycles. The molecule has 1 fully saturated rings. The van der Waals surface area contributed by atoms with Gasteiger partial charge in [0.25, 0.3) is 0 Å². The van der Waals surface area contributed by atoms with Crippen LogP contribution in [-0.4, -0.2) is 29.0 Å². The van der Waals surface area contributed by atoms with Crippen molar-refractivity contribution in [3.05, 3.63) is 24.4 Å². The molecule has 0 bridgehead atoms. The molecule has 2 aliphatic rings. The van der Waals surface area contributed by atoms with E-state index in [1.807, 2.05) is 18.2 Å². The summed E-state index contributed by atoms with van der Waals surface area (Å²) in [5.41, 5.74) is -0.183. The second kappa shape index (κ2) is 3.74. The minimum Gasteiger partial charge on any atom is -0.454 e. The van der Waals surface area contributed by atoms with E-state index >= 15 is 0 Å². The van der Waals surface area contributed by atoms with Crippen LogP contribution in [0.25, 0.3) is 10.8 Å². The molecule has 1 aromatic carbocycles. The maximum atomic E-state index is 9.41. The molecule has 0 spiro atoms. The lowest BCUT2D eigenvalue weighted by molar-refractivity contribution is 0.174. The molecular weight excluding hydrogens is 244 g/mol. The highest BCUT2D eigenvalue weighted by Crippen LogP contribution is 2.42. The molecule has 98 valence electrons. The summed E-state index contributed by atoms with van der Waals surface area (Å²) in [4.78, 5) is 4.39. The smallest absolute Gasteiger partial charge is 0.231 e. The lowest BCUT2D eigenvalue weighted by Gasteiger charge is -2.16. The zero-order chi connectivity index (χ0) is 12.9. The Morgan fingerprint density at radius 3 is 2.79 bits per heavy atom. The molecule has 4 rings (SSSR count). The van der Waals surface area contributed by atoms with E-state index in [-0.39, 0.29) is 18.9 Å². The summed E-state index contributed by atoms with van der Waals surface area (Å²) in [5.74, 6) is 2.31. The molecule has 5 heteroatoms. The Labute approximate surface area is 110 Å². The Morgan fingerprint density at radius 2 is 2.05 bits per heavy atom. The molecule has 2 aromatic rings. The average molecular weight is 258 g/mol. The number of aromatic nitrogens is 1. The van der Waals surface area contributed by atoms with Crippen LogP contribution < -0.4 is 14.8 Å². The van der Waals surface area contributed by atoms with Crippen LogP contribution in [0.2, 0.25) is 0 Å². The van der Waals surface area contributed by atoms with Gasteiger partial charge in [-0.1, -0.05) is 0 Å². The first-order chi connectivity index (χ1) is 9.30. The minimum absolute atomic E-state index is 0.135. The van der Waals surface area contributed by atoms with Crippen molar-refractivity contribution in [2.75, 3.05) is 18.7 Å². The minimum atomic E-state index is -0.183. The van der Waals surface area contributed by atoms with Gasteiger partial charge in [0.2, 0.25) is 6.79 Å². The molecule has 5 nitrogen and oxygen atoms in total. The summed E-state index contributed by atoms with van der Waals surface area (Å²) in [6.45, 7) is 0.401. The van der Waals surface area contributed by atoms with Gasteiger partial charge in [-0.2, -0.15) is 0 Å². The van der Waals surface area contributed by atoms with Crippen molar-refractivity contribution in [2.45, 2.75) is 18.4 Å². The molecule has 0 radical (unpaired) electrons. The van der Waals surface area contributed by atoms with E-state index < -0.39 is 0 Å². The van der Waals surface area contributed by atoms with E-state index in [1.54, 1.807) is 6.20 Å². The summed E-state index contributed by atoms with van der Waals surface area (Å²) < 4.78 is 10.8. The number of nitrogens with one attached hydrogen (secondary N) is 1. The predicted molar refractivity (Wildman–Crippen MR) is 70.5 cm³/mol. The Bertz CT molecular complexity index is 652. The third kappa shape index (κ3) is 1.69. The highest BCUT2D eigenvalue weighted by atomic mass is 16.7. The van der Waals surface area contributed by atoms with Gasteiger partial charge in [0.15, 0.2) is 11.5 Å². The summed E-state index contributed by atoms with van der Waals surface area (Å²) in [7, 11) is 0. The van der Waals surface area contributed by atoms with Crippen LogP contribution in [0.1, 0.15) is 12.8 Å². The second-order valence-electron chi connectivity index (χ2n) is 5.15. The van der Waals surface area contributed by atoms with E-state index in [1.165, 1.54) is 0 Å². The quantitative estimate of drug-likeness (QED) is 0.880. The molecule has 19 heavy (non-hydrogen) atoms. The standard InChI is InChI=1S/C14H14N2O3/c17-7-14(2-3-14)16-13-10-6-12-11(18-8-19-12)5-9(10)1-4-15-13/h1,4-6,17H,2-3,7-8H2,(H,15,16). The third-order valence-corrected chi connectivity index (χ3v) is 3.80. The first-order valence-electron chi connectivity index (χ1n) is 6.37. The number of fused-ring (bicyclic) bond motifs is 2. The highest BCUT2D eigenvalue weighted by molar-refractivity contribution is 5.94. The third-order valence-electron chi connectivity index (χ3n) is 3.80. The van der Waals surface area contributed by atoms with E-state index in [2.05, 4.69) is 10.3 Å². The number of nitrogens with zero attached hydrogens (tertiary/aromatic N) is 1. The van der Waals surface area contributed by atoms with Crippen molar-refractivity contribution in [3.63, 3.8) is 0 Å². The first kappa shape index (κ1) is 10.9. The normalized spacial score (nSPS) is 18.6. The Balaban J connectivity index is 1.82. The van der Waals surface area contributed by atoms with Gasteiger partial charge in [0.05, 0.1) is 12.1 Å². The van der Waals surface area contributed by atoms with E-state index in [4.69, 9.17) is 9.47 Å². The van der Waals surface area contributed by atoms with Gasteiger partial charge in [-0.05, 0) is 36.4 Å². The van der Waals surface area contributed by atoms with Gasteiger partial charge >= 0.3 is 0 Å². The van der Waals surface area contributed by atoms with E-state index in [0.29, 0.717) is 0 Å². The van der Waals surface area contributed by atoms with Crippen LogP contribution in [0.5, 0.6) is 11.5 Å². The summed E-state index contributed by atoms with van der Waals surface area (Å²) in [5, 5.41) is 14.8. The van der Waals surface area contributed by atoms with Gasteiger partial charge in [0.1, 0.15) is 5.82 Å². The van der Waals surface area contributed by atoms with Crippen molar-refractivity contribution < 1.29 is 14.6 Å². The molecule has 1 aromatic heterocycles. The molecule has 1 aliphatic heterocycles. The Hall–Kier alpha value is -2.01. The zero-order valence-electron chi connectivity index (χ0n) is 10.3. The maximum absolute atomic E-state index is 9.41. The number of aliphatic hydroxyl groups excluding tert-OH is 1. The number of ether oxygens (including phenoxy) is 2. The topological polar surface area (TPSA) is 63.6 Å². The number of pyridine rings is 1. The molecule has 2 heterocycles. The molecule has 0 amide bonds.